The Morgan fingerprint density at radius 1 is 1.38 bits per heavy atom. The van der Waals surface area contributed by atoms with E-state index in [1.54, 1.807) is 6.20 Å². The fourth-order valence-electron chi connectivity index (χ4n) is 2.20. The second kappa shape index (κ2) is 7.95. The zero-order chi connectivity index (χ0) is 15.1. The van der Waals surface area contributed by atoms with Crippen molar-refractivity contribution in [3.63, 3.8) is 0 Å². The van der Waals surface area contributed by atoms with Crippen LogP contribution in [0.15, 0.2) is 18.3 Å². The van der Waals surface area contributed by atoms with Gasteiger partial charge in [0.2, 0.25) is 5.95 Å². The molecule has 0 aliphatic heterocycles. The zero-order valence-electron chi connectivity index (χ0n) is 13.2. The largest absolute Gasteiger partial charge is 0.380 e. The van der Waals surface area contributed by atoms with Crippen molar-refractivity contribution < 1.29 is 4.74 Å². The molecule has 6 nitrogen and oxygen atoms in total. The first-order valence-electron chi connectivity index (χ1n) is 7.50. The molecule has 0 saturated heterocycles. The van der Waals surface area contributed by atoms with Gasteiger partial charge in [-0.15, -0.1) is 0 Å². The summed E-state index contributed by atoms with van der Waals surface area (Å²) in [7, 11) is 4.17. The first kappa shape index (κ1) is 15.7. The monoisotopic (exact) mass is 291 g/mol. The Balaban J connectivity index is 2.07. The minimum Gasteiger partial charge on any atom is -0.380 e. The number of aromatic nitrogens is 3. The van der Waals surface area contributed by atoms with Gasteiger partial charge < -0.3 is 15.0 Å². The molecule has 0 radical (unpaired) electrons. The van der Waals surface area contributed by atoms with Gasteiger partial charge in [0.05, 0.1) is 13.2 Å². The Bertz CT molecular complexity index is 552. The molecule has 2 rings (SSSR count). The second-order valence-electron chi connectivity index (χ2n) is 5.21. The molecule has 116 valence electrons. The highest BCUT2D eigenvalue weighted by Crippen LogP contribution is 2.17. The Morgan fingerprint density at radius 3 is 3.00 bits per heavy atom. The van der Waals surface area contributed by atoms with Crippen LogP contribution < -0.4 is 5.32 Å². The lowest BCUT2D eigenvalue weighted by Gasteiger charge is -2.12. The second-order valence-corrected chi connectivity index (χ2v) is 5.21. The van der Waals surface area contributed by atoms with E-state index >= 15 is 0 Å². The van der Waals surface area contributed by atoms with Crippen molar-refractivity contribution in [3.8, 4) is 0 Å². The van der Waals surface area contributed by atoms with Crippen molar-refractivity contribution in [2.24, 2.45) is 0 Å². The van der Waals surface area contributed by atoms with Crippen LogP contribution in [0.4, 0.5) is 5.95 Å². The minimum absolute atomic E-state index is 0.672. The molecule has 0 atom stereocenters. The standard InChI is InChI=1S/C15H25N5O/c1-4-21-12-11-20-14-13(7-5-8-16-14)18-15(20)17-9-6-10-19(2)3/h5,7-8H,4,6,9-12H2,1-3H3,(H,17,18). The summed E-state index contributed by atoms with van der Waals surface area (Å²) in [6.45, 7) is 6.12. The lowest BCUT2D eigenvalue weighted by molar-refractivity contribution is 0.140. The number of anilines is 1. The van der Waals surface area contributed by atoms with E-state index in [4.69, 9.17) is 4.74 Å². The maximum absolute atomic E-state index is 5.46. The molecule has 6 heteroatoms. The van der Waals surface area contributed by atoms with Crippen LogP contribution in [0.3, 0.4) is 0 Å². The van der Waals surface area contributed by atoms with Gasteiger partial charge in [-0.3, -0.25) is 4.57 Å². The van der Waals surface area contributed by atoms with Crippen molar-refractivity contribution in [3.05, 3.63) is 18.3 Å². The van der Waals surface area contributed by atoms with Crippen LogP contribution in [-0.2, 0) is 11.3 Å². The molecule has 0 unspecified atom stereocenters. The van der Waals surface area contributed by atoms with Gasteiger partial charge in [0, 0.05) is 19.3 Å². The van der Waals surface area contributed by atoms with E-state index in [1.165, 1.54) is 0 Å². The Morgan fingerprint density at radius 2 is 2.24 bits per heavy atom. The molecule has 0 bridgehead atoms. The van der Waals surface area contributed by atoms with Crippen LogP contribution in [-0.4, -0.2) is 59.8 Å². The summed E-state index contributed by atoms with van der Waals surface area (Å²) < 4.78 is 7.55. The van der Waals surface area contributed by atoms with E-state index in [1.807, 2.05) is 19.1 Å². The average Bonchev–Trinajstić information content (AvgIpc) is 2.82. The fraction of sp³-hybridized carbons (Fsp3) is 0.600. The number of pyridine rings is 1. The van der Waals surface area contributed by atoms with Crippen LogP contribution in [0.5, 0.6) is 0 Å². The zero-order valence-corrected chi connectivity index (χ0v) is 13.2. The number of nitrogens with one attached hydrogen (secondary N) is 1. The molecular formula is C15H25N5O. The number of nitrogens with zero attached hydrogens (tertiary/aromatic N) is 4. The van der Waals surface area contributed by atoms with Crippen LogP contribution in [0.2, 0.25) is 0 Å². The van der Waals surface area contributed by atoms with E-state index in [2.05, 4.69) is 38.8 Å². The summed E-state index contributed by atoms with van der Waals surface area (Å²) in [5.74, 6) is 0.877. The quantitative estimate of drug-likeness (QED) is 0.714. The minimum atomic E-state index is 0.672. The Kier molecular flexibility index (Phi) is 5.95. The highest BCUT2D eigenvalue weighted by atomic mass is 16.5. The van der Waals surface area contributed by atoms with Gasteiger partial charge in [0.1, 0.15) is 5.52 Å². The molecule has 0 aliphatic rings. The third kappa shape index (κ3) is 4.41. The van der Waals surface area contributed by atoms with Gasteiger partial charge in [-0.25, -0.2) is 9.97 Å². The van der Waals surface area contributed by atoms with Crippen LogP contribution in [0, 0.1) is 0 Å². The molecule has 0 spiro atoms. The molecule has 2 aromatic rings. The molecule has 0 fully saturated rings. The molecule has 0 aliphatic carbocycles. The van der Waals surface area contributed by atoms with Gasteiger partial charge >= 0.3 is 0 Å². The summed E-state index contributed by atoms with van der Waals surface area (Å²) in [6.07, 6.45) is 2.88. The maximum Gasteiger partial charge on any atom is 0.205 e. The van der Waals surface area contributed by atoms with Crippen molar-refractivity contribution in [2.75, 3.05) is 45.7 Å². The average molecular weight is 291 g/mol. The smallest absolute Gasteiger partial charge is 0.205 e. The van der Waals surface area contributed by atoms with Crippen LogP contribution >= 0.6 is 0 Å². The highest BCUT2D eigenvalue weighted by molar-refractivity contribution is 5.74. The van der Waals surface area contributed by atoms with E-state index in [0.29, 0.717) is 6.61 Å². The van der Waals surface area contributed by atoms with Crippen molar-refractivity contribution >= 4 is 17.1 Å². The number of imidazole rings is 1. The number of hydrogen-bond acceptors (Lipinski definition) is 5. The van der Waals surface area contributed by atoms with Crippen LogP contribution in [0.25, 0.3) is 11.2 Å². The summed E-state index contributed by atoms with van der Waals surface area (Å²) in [5, 5.41) is 3.41. The molecule has 1 N–H and O–H groups in total. The third-order valence-electron chi connectivity index (χ3n) is 3.23. The summed E-state index contributed by atoms with van der Waals surface area (Å²) in [4.78, 5) is 11.2. The van der Waals surface area contributed by atoms with Gasteiger partial charge in [-0.05, 0) is 46.1 Å². The molecule has 0 saturated carbocycles. The van der Waals surface area contributed by atoms with E-state index in [-0.39, 0.29) is 0 Å². The van der Waals surface area contributed by atoms with Crippen LogP contribution in [0.1, 0.15) is 13.3 Å². The van der Waals surface area contributed by atoms with Crippen molar-refractivity contribution in [2.45, 2.75) is 19.9 Å². The summed E-state index contributed by atoms with van der Waals surface area (Å²) >= 11 is 0. The number of rotatable bonds is 9. The number of ether oxygens (including phenoxy) is 1. The lowest BCUT2D eigenvalue weighted by Crippen LogP contribution is -2.18. The summed E-state index contributed by atoms with van der Waals surface area (Å²) in [6, 6.07) is 3.91. The highest BCUT2D eigenvalue weighted by Gasteiger charge is 2.10. The molecule has 2 aromatic heterocycles. The first-order valence-corrected chi connectivity index (χ1v) is 7.50. The van der Waals surface area contributed by atoms with Crippen molar-refractivity contribution in [1.29, 1.82) is 0 Å². The fourth-order valence-corrected chi connectivity index (χ4v) is 2.20. The maximum atomic E-state index is 5.46. The molecule has 0 aromatic carbocycles. The predicted octanol–water partition coefficient (Wildman–Crippen LogP) is 1.83. The first-order chi connectivity index (χ1) is 10.2. The van der Waals surface area contributed by atoms with E-state index < -0.39 is 0 Å². The van der Waals surface area contributed by atoms with Crippen molar-refractivity contribution in [1.82, 2.24) is 19.4 Å². The SMILES string of the molecule is CCOCCn1c(NCCCN(C)C)nc2cccnc21. The predicted molar refractivity (Wildman–Crippen MR) is 85.7 cm³/mol. The van der Waals surface area contributed by atoms with Gasteiger partial charge in [0.15, 0.2) is 5.65 Å². The Hall–Kier alpha value is -1.66. The molecule has 2 heterocycles. The number of fused-ring (bicyclic) bond motifs is 1. The van der Waals surface area contributed by atoms with Gasteiger partial charge in [0.25, 0.3) is 0 Å². The molecular weight excluding hydrogens is 266 g/mol. The lowest BCUT2D eigenvalue weighted by atomic mass is 10.4. The Labute approximate surface area is 126 Å². The van der Waals surface area contributed by atoms with Gasteiger partial charge in [-0.1, -0.05) is 0 Å². The topological polar surface area (TPSA) is 55.2 Å². The van der Waals surface area contributed by atoms with E-state index in [0.717, 1.165) is 49.8 Å². The molecule has 21 heavy (non-hydrogen) atoms. The normalized spacial score (nSPS) is 11.4. The third-order valence-corrected chi connectivity index (χ3v) is 3.23. The van der Waals surface area contributed by atoms with E-state index in [9.17, 15) is 0 Å². The summed E-state index contributed by atoms with van der Waals surface area (Å²) in [5.41, 5.74) is 1.83. The number of hydrogen-bond donors (Lipinski definition) is 1. The molecule has 0 amide bonds. The van der Waals surface area contributed by atoms with Gasteiger partial charge in [-0.2, -0.15) is 0 Å².